The SMILES string of the molecule is CC(C)Cc1ccc([C@H](C)NC(=O)c2ccc(CN3C(=O)CCC3=O)cc2)cc1. The molecule has 1 aliphatic rings. The Morgan fingerprint density at radius 2 is 1.45 bits per heavy atom. The molecule has 0 aliphatic carbocycles. The van der Waals surface area contributed by atoms with E-state index in [-0.39, 0.29) is 43.1 Å². The number of benzene rings is 2. The predicted molar refractivity (Wildman–Crippen MR) is 112 cm³/mol. The maximum Gasteiger partial charge on any atom is 0.251 e. The summed E-state index contributed by atoms with van der Waals surface area (Å²) >= 11 is 0. The molecule has 29 heavy (non-hydrogen) atoms. The van der Waals surface area contributed by atoms with Gasteiger partial charge in [-0.2, -0.15) is 0 Å². The van der Waals surface area contributed by atoms with E-state index in [0.717, 1.165) is 17.5 Å². The number of carbonyl (C=O) groups is 3. The van der Waals surface area contributed by atoms with Gasteiger partial charge in [0, 0.05) is 18.4 Å². The van der Waals surface area contributed by atoms with Crippen molar-refractivity contribution in [2.24, 2.45) is 5.92 Å². The van der Waals surface area contributed by atoms with Gasteiger partial charge < -0.3 is 5.32 Å². The summed E-state index contributed by atoms with van der Waals surface area (Å²) in [6.45, 7) is 6.62. The Labute approximate surface area is 172 Å². The van der Waals surface area contributed by atoms with Crippen LogP contribution < -0.4 is 5.32 Å². The number of rotatable bonds is 7. The fourth-order valence-electron chi connectivity index (χ4n) is 3.52. The molecule has 1 saturated heterocycles. The third kappa shape index (κ3) is 5.31. The molecule has 0 spiro atoms. The average Bonchev–Trinajstić information content (AvgIpc) is 3.00. The van der Waals surface area contributed by atoms with Gasteiger partial charge in [-0.1, -0.05) is 50.2 Å². The topological polar surface area (TPSA) is 66.5 Å². The van der Waals surface area contributed by atoms with Gasteiger partial charge >= 0.3 is 0 Å². The van der Waals surface area contributed by atoms with E-state index < -0.39 is 0 Å². The van der Waals surface area contributed by atoms with Gasteiger partial charge in [0.25, 0.3) is 5.91 Å². The molecule has 1 fully saturated rings. The van der Waals surface area contributed by atoms with Crippen LogP contribution in [-0.2, 0) is 22.6 Å². The Kier molecular flexibility index (Phi) is 6.47. The van der Waals surface area contributed by atoms with E-state index in [1.807, 2.05) is 6.92 Å². The highest BCUT2D eigenvalue weighted by Crippen LogP contribution is 2.18. The minimum absolute atomic E-state index is 0.102. The Morgan fingerprint density at radius 1 is 0.897 bits per heavy atom. The van der Waals surface area contributed by atoms with E-state index in [1.165, 1.54) is 10.5 Å². The highest BCUT2D eigenvalue weighted by molar-refractivity contribution is 6.01. The van der Waals surface area contributed by atoms with Gasteiger partial charge in [0.2, 0.25) is 11.8 Å². The lowest BCUT2D eigenvalue weighted by atomic mass is 10.00. The number of likely N-dealkylation sites (tertiary alicyclic amines) is 1. The van der Waals surface area contributed by atoms with Crippen LogP contribution in [0.2, 0.25) is 0 Å². The number of amides is 3. The Balaban J connectivity index is 1.58. The molecule has 1 atom stereocenters. The van der Waals surface area contributed by atoms with Gasteiger partial charge in [-0.15, -0.1) is 0 Å². The molecule has 3 rings (SSSR count). The summed E-state index contributed by atoms with van der Waals surface area (Å²) in [4.78, 5) is 37.3. The quantitative estimate of drug-likeness (QED) is 0.724. The largest absolute Gasteiger partial charge is 0.346 e. The molecule has 2 aromatic rings. The van der Waals surface area contributed by atoms with Crippen LogP contribution in [0.15, 0.2) is 48.5 Å². The predicted octanol–water partition coefficient (Wildman–Crippen LogP) is 4.03. The van der Waals surface area contributed by atoms with Crippen molar-refractivity contribution < 1.29 is 14.4 Å². The molecule has 0 bridgehead atoms. The van der Waals surface area contributed by atoms with E-state index in [9.17, 15) is 14.4 Å². The molecule has 1 aliphatic heterocycles. The van der Waals surface area contributed by atoms with Gasteiger partial charge in [0.1, 0.15) is 0 Å². The zero-order valence-electron chi connectivity index (χ0n) is 17.3. The van der Waals surface area contributed by atoms with Crippen LogP contribution in [0.1, 0.15) is 66.7 Å². The molecule has 2 aromatic carbocycles. The summed E-state index contributed by atoms with van der Waals surface area (Å²) in [5, 5.41) is 3.02. The summed E-state index contributed by atoms with van der Waals surface area (Å²) < 4.78 is 0. The van der Waals surface area contributed by atoms with Gasteiger partial charge in [-0.25, -0.2) is 0 Å². The van der Waals surface area contributed by atoms with Gasteiger partial charge in [-0.05, 0) is 48.1 Å². The molecule has 1 N–H and O–H groups in total. The second kappa shape index (κ2) is 9.03. The van der Waals surface area contributed by atoms with Crippen molar-refractivity contribution in [3.8, 4) is 0 Å². The van der Waals surface area contributed by atoms with E-state index >= 15 is 0 Å². The number of nitrogens with one attached hydrogen (secondary N) is 1. The second-order valence-corrected chi connectivity index (χ2v) is 8.11. The summed E-state index contributed by atoms with van der Waals surface area (Å²) in [5.41, 5.74) is 3.75. The molecule has 5 heteroatoms. The normalized spacial score (nSPS) is 15.1. The molecular weight excluding hydrogens is 364 g/mol. The summed E-state index contributed by atoms with van der Waals surface area (Å²) in [6.07, 6.45) is 1.62. The minimum Gasteiger partial charge on any atom is -0.346 e. The van der Waals surface area contributed by atoms with Crippen molar-refractivity contribution >= 4 is 17.7 Å². The summed E-state index contributed by atoms with van der Waals surface area (Å²) in [5.74, 6) is 0.196. The fraction of sp³-hybridized carbons (Fsp3) is 0.375. The van der Waals surface area contributed by atoms with E-state index in [2.05, 4.69) is 43.4 Å². The Morgan fingerprint density at radius 3 is 2.00 bits per heavy atom. The highest BCUT2D eigenvalue weighted by Gasteiger charge is 2.28. The van der Waals surface area contributed by atoms with Crippen LogP contribution in [0.5, 0.6) is 0 Å². The van der Waals surface area contributed by atoms with Gasteiger partial charge in [-0.3, -0.25) is 19.3 Å². The summed E-state index contributed by atoms with van der Waals surface area (Å²) in [6, 6.07) is 15.3. The number of hydrogen-bond acceptors (Lipinski definition) is 3. The standard InChI is InChI=1S/C24H28N2O3/c1-16(2)14-18-4-8-20(9-5-18)17(3)25-24(29)21-10-6-19(7-11-21)15-26-22(27)12-13-23(26)28/h4-11,16-17H,12-15H2,1-3H3,(H,25,29)/t17-/m0/s1. The van der Waals surface area contributed by atoms with Crippen LogP contribution in [0.25, 0.3) is 0 Å². The lowest BCUT2D eigenvalue weighted by molar-refractivity contribution is -0.139. The third-order valence-corrected chi connectivity index (χ3v) is 5.18. The first kappa shape index (κ1) is 20.8. The Hall–Kier alpha value is -2.95. The zero-order valence-corrected chi connectivity index (χ0v) is 17.3. The van der Waals surface area contributed by atoms with Crippen LogP contribution in [0.4, 0.5) is 0 Å². The summed E-state index contributed by atoms with van der Waals surface area (Å²) in [7, 11) is 0. The zero-order chi connectivity index (χ0) is 21.0. The van der Waals surface area contributed by atoms with Crippen LogP contribution in [0.3, 0.4) is 0 Å². The van der Waals surface area contributed by atoms with E-state index in [0.29, 0.717) is 11.5 Å². The highest BCUT2D eigenvalue weighted by atomic mass is 16.2. The third-order valence-electron chi connectivity index (χ3n) is 5.18. The van der Waals surface area contributed by atoms with Crippen molar-refractivity contribution in [2.45, 2.75) is 52.6 Å². The lowest BCUT2D eigenvalue weighted by Gasteiger charge is -2.16. The minimum atomic E-state index is -0.149. The van der Waals surface area contributed by atoms with Crippen molar-refractivity contribution in [3.63, 3.8) is 0 Å². The molecule has 0 saturated carbocycles. The maximum atomic E-state index is 12.6. The van der Waals surface area contributed by atoms with Gasteiger partial charge in [0.05, 0.1) is 12.6 Å². The monoisotopic (exact) mass is 392 g/mol. The molecule has 0 radical (unpaired) electrons. The van der Waals surface area contributed by atoms with E-state index in [1.54, 1.807) is 24.3 Å². The first-order chi connectivity index (χ1) is 13.8. The van der Waals surface area contributed by atoms with E-state index in [4.69, 9.17) is 0 Å². The molecular formula is C24H28N2O3. The van der Waals surface area contributed by atoms with Crippen molar-refractivity contribution in [2.75, 3.05) is 0 Å². The average molecular weight is 392 g/mol. The van der Waals surface area contributed by atoms with Crippen LogP contribution >= 0.6 is 0 Å². The van der Waals surface area contributed by atoms with Gasteiger partial charge in [0.15, 0.2) is 0 Å². The first-order valence-corrected chi connectivity index (χ1v) is 10.2. The van der Waals surface area contributed by atoms with Crippen molar-refractivity contribution in [1.29, 1.82) is 0 Å². The number of hydrogen-bond donors (Lipinski definition) is 1. The number of nitrogens with zero attached hydrogens (tertiary/aromatic N) is 1. The lowest BCUT2D eigenvalue weighted by Crippen LogP contribution is -2.28. The molecule has 5 nitrogen and oxygen atoms in total. The van der Waals surface area contributed by atoms with Crippen molar-refractivity contribution in [3.05, 3.63) is 70.8 Å². The molecule has 0 aromatic heterocycles. The molecule has 3 amide bonds. The van der Waals surface area contributed by atoms with Crippen molar-refractivity contribution in [1.82, 2.24) is 10.2 Å². The first-order valence-electron chi connectivity index (χ1n) is 10.2. The fourth-order valence-corrected chi connectivity index (χ4v) is 3.52. The smallest absolute Gasteiger partial charge is 0.251 e. The Bertz CT molecular complexity index is 869. The molecule has 1 heterocycles. The number of carbonyl (C=O) groups excluding carboxylic acids is 3. The number of imide groups is 1. The molecule has 152 valence electrons. The van der Waals surface area contributed by atoms with Crippen LogP contribution in [-0.4, -0.2) is 22.6 Å². The maximum absolute atomic E-state index is 12.6. The van der Waals surface area contributed by atoms with Crippen LogP contribution in [0, 0.1) is 5.92 Å². The second-order valence-electron chi connectivity index (χ2n) is 8.11. The molecule has 0 unspecified atom stereocenters.